The predicted molar refractivity (Wildman–Crippen MR) is 91.0 cm³/mol. The number of methoxy groups -OCH3 is 1. The van der Waals surface area contributed by atoms with Crippen LogP contribution in [0.2, 0.25) is 0 Å². The van der Waals surface area contributed by atoms with E-state index in [0.717, 1.165) is 30.9 Å². The van der Waals surface area contributed by atoms with Gasteiger partial charge in [0.2, 0.25) is 0 Å². The number of aryl methyl sites for hydroxylation is 1. The van der Waals surface area contributed by atoms with E-state index in [1.807, 2.05) is 6.07 Å². The molecule has 4 heteroatoms. The van der Waals surface area contributed by atoms with Gasteiger partial charge in [-0.25, -0.2) is 0 Å². The fourth-order valence-electron chi connectivity index (χ4n) is 2.78. The Balaban J connectivity index is 1.81. The number of piperazine rings is 1. The molecule has 124 valence electrons. The number of hydrogen-bond acceptors (Lipinski definition) is 4. The molecule has 0 aromatic heterocycles. The molecular formula is C18H30N2O2. The van der Waals surface area contributed by atoms with Gasteiger partial charge in [-0.3, -0.25) is 0 Å². The van der Waals surface area contributed by atoms with Crippen molar-refractivity contribution in [2.75, 3.05) is 53.5 Å². The maximum atomic E-state index is 5.79. The molecule has 0 N–H and O–H groups in total. The largest absolute Gasteiger partial charge is 0.493 e. The Morgan fingerprint density at radius 2 is 1.86 bits per heavy atom. The lowest BCUT2D eigenvalue weighted by atomic mass is 10.1. The lowest BCUT2D eigenvalue weighted by Crippen LogP contribution is -2.44. The van der Waals surface area contributed by atoms with Gasteiger partial charge in [-0.1, -0.05) is 13.0 Å². The lowest BCUT2D eigenvalue weighted by Gasteiger charge is -2.32. The molecule has 0 bridgehead atoms. The van der Waals surface area contributed by atoms with E-state index in [0.29, 0.717) is 0 Å². The minimum atomic E-state index is 0.737. The first-order valence-electron chi connectivity index (χ1n) is 8.43. The summed E-state index contributed by atoms with van der Waals surface area (Å²) in [5.41, 5.74) is 1.33. The second-order valence-electron chi connectivity index (χ2n) is 6.08. The van der Waals surface area contributed by atoms with Crippen LogP contribution in [0.5, 0.6) is 11.5 Å². The van der Waals surface area contributed by atoms with Crippen molar-refractivity contribution in [1.82, 2.24) is 9.80 Å². The first-order valence-corrected chi connectivity index (χ1v) is 8.43. The number of benzene rings is 1. The lowest BCUT2D eigenvalue weighted by molar-refractivity contribution is 0.153. The quantitative estimate of drug-likeness (QED) is 0.737. The van der Waals surface area contributed by atoms with E-state index in [9.17, 15) is 0 Å². The van der Waals surface area contributed by atoms with Crippen molar-refractivity contribution in [3.05, 3.63) is 23.8 Å². The van der Waals surface area contributed by atoms with Crippen LogP contribution in [0.3, 0.4) is 0 Å². The molecule has 0 spiro atoms. The molecule has 1 saturated heterocycles. The number of nitrogens with zero attached hydrogens (tertiary/aromatic N) is 2. The summed E-state index contributed by atoms with van der Waals surface area (Å²) in [5, 5.41) is 0. The van der Waals surface area contributed by atoms with Crippen LogP contribution in [0.15, 0.2) is 18.2 Å². The van der Waals surface area contributed by atoms with Gasteiger partial charge in [-0.05, 0) is 50.6 Å². The highest BCUT2D eigenvalue weighted by atomic mass is 16.5. The summed E-state index contributed by atoms with van der Waals surface area (Å²) in [4.78, 5) is 4.97. The summed E-state index contributed by atoms with van der Waals surface area (Å²) in [6.45, 7) is 8.82. The molecule has 0 unspecified atom stereocenters. The van der Waals surface area contributed by atoms with Gasteiger partial charge in [0.15, 0.2) is 11.5 Å². The average Bonchev–Trinajstić information content (AvgIpc) is 2.55. The Kier molecular flexibility index (Phi) is 7.00. The zero-order valence-corrected chi connectivity index (χ0v) is 14.3. The molecule has 1 aromatic carbocycles. The molecule has 4 nitrogen and oxygen atoms in total. The molecule has 0 aliphatic carbocycles. The van der Waals surface area contributed by atoms with Crippen molar-refractivity contribution in [3.8, 4) is 11.5 Å². The van der Waals surface area contributed by atoms with Gasteiger partial charge in [0, 0.05) is 26.2 Å². The fourth-order valence-corrected chi connectivity index (χ4v) is 2.78. The van der Waals surface area contributed by atoms with E-state index in [-0.39, 0.29) is 0 Å². The van der Waals surface area contributed by atoms with Gasteiger partial charge in [-0.15, -0.1) is 0 Å². The maximum absolute atomic E-state index is 5.79. The van der Waals surface area contributed by atoms with Crippen molar-refractivity contribution in [2.45, 2.75) is 26.2 Å². The number of ether oxygens (including phenoxy) is 2. The predicted octanol–water partition coefficient (Wildman–Crippen LogP) is 2.66. The van der Waals surface area contributed by atoms with Crippen molar-refractivity contribution in [1.29, 1.82) is 0 Å². The van der Waals surface area contributed by atoms with Crippen LogP contribution in [-0.4, -0.2) is 63.3 Å². The van der Waals surface area contributed by atoms with Crippen LogP contribution in [0.4, 0.5) is 0 Å². The summed E-state index contributed by atoms with van der Waals surface area (Å²) in [5.74, 6) is 1.71. The van der Waals surface area contributed by atoms with Gasteiger partial charge in [-0.2, -0.15) is 0 Å². The SMILES string of the molecule is CCCOc1cc(CCCN2CCN(C)CC2)ccc1OC. The Labute approximate surface area is 135 Å². The Morgan fingerprint density at radius 1 is 1.09 bits per heavy atom. The van der Waals surface area contributed by atoms with Crippen LogP contribution >= 0.6 is 0 Å². The van der Waals surface area contributed by atoms with Gasteiger partial charge < -0.3 is 19.3 Å². The second kappa shape index (κ2) is 9.01. The topological polar surface area (TPSA) is 24.9 Å². The van der Waals surface area contributed by atoms with Crippen LogP contribution in [0.1, 0.15) is 25.3 Å². The van der Waals surface area contributed by atoms with Crippen molar-refractivity contribution in [2.24, 2.45) is 0 Å². The molecule has 22 heavy (non-hydrogen) atoms. The summed E-state index contributed by atoms with van der Waals surface area (Å²) >= 11 is 0. The second-order valence-corrected chi connectivity index (χ2v) is 6.08. The van der Waals surface area contributed by atoms with Crippen molar-refractivity contribution < 1.29 is 9.47 Å². The average molecular weight is 306 g/mol. The first kappa shape index (κ1) is 17.1. The minimum absolute atomic E-state index is 0.737. The molecular weight excluding hydrogens is 276 g/mol. The smallest absolute Gasteiger partial charge is 0.161 e. The molecule has 1 aliphatic heterocycles. The third-order valence-corrected chi connectivity index (χ3v) is 4.23. The molecule has 1 heterocycles. The van der Waals surface area contributed by atoms with Crippen LogP contribution < -0.4 is 9.47 Å². The molecule has 0 radical (unpaired) electrons. The highest BCUT2D eigenvalue weighted by Crippen LogP contribution is 2.28. The standard InChI is InChI=1S/C18H30N2O2/c1-4-14-22-18-15-16(7-8-17(18)21-3)6-5-9-20-12-10-19(2)11-13-20/h7-8,15H,4-6,9-14H2,1-3H3. The molecule has 0 amide bonds. The third kappa shape index (κ3) is 5.18. The molecule has 1 fully saturated rings. The summed E-state index contributed by atoms with van der Waals surface area (Å²) in [7, 11) is 3.90. The highest BCUT2D eigenvalue weighted by molar-refractivity contribution is 5.43. The summed E-state index contributed by atoms with van der Waals surface area (Å²) < 4.78 is 11.2. The monoisotopic (exact) mass is 306 g/mol. The normalized spacial score (nSPS) is 16.7. The minimum Gasteiger partial charge on any atom is -0.493 e. The van der Waals surface area contributed by atoms with E-state index >= 15 is 0 Å². The van der Waals surface area contributed by atoms with Gasteiger partial charge in [0.05, 0.1) is 13.7 Å². The summed E-state index contributed by atoms with van der Waals surface area (Å²) in [6.07, 6.45) is 3.30. The van der Waals surface area contributed by atoms with E-state index < -0.39 is 0 Å². The zero-order chi connectivity index (χ0) is 15.8. The molecule has 0 atom stereocenters. The van der Waals surface area contributed by atoms with E-state index in [4.69, 9.17) is 9.47 Å². The summed E-state index contributed by atoms with van der Waals surface area (Å²) in [6, 6.07) is 6.32. The van der Waals surface area contributed by atoms with Crippen molar-refractivity contribution >= 4 is 0 Å². The maximum Gasteiger partial charge on any atom is 0.161 e. The van der Waals surface area contributed by atoms with E-state index in [1.54, 1.807) is 7.11 Å². The van der Waals surface area contributed by atoms with Gasteiger partial charge in [0.25, 0.3) is 0 Å². The fraction of sp³-hybridized carbons (Fsp3) is 0.667. The van der Waals surface area contributed by atoms with Crippen molar-refractivity contribution in [3.63, 3.8) is 0 Å². The molecule has 1 aromatic rings. The Hall–Kier alpha value is -1.26. The molecule has 2 rings (SSSR count). The number of likely N-dealkylation sites (N-methyl/N-ethyl adjacent to an activating group) is 1. The zero-order valence-electron chi connectivity index (χ0n) is 14.3. The number of hydrogen-bond donors (Lipinski definition) is 0. The van der Waals surface area contributed by atoms with Crippen LogP contribution in [0, 0.1) is 0 Å². The molecule has 0 saturated carbocycles. The van der Waals surface area contributed by atoms with Crippen LogP contribution in [0.25, 0.3) is 0 Å². The van der Waals surface area contributed by atoms with E-state index in [2.05, 4.69) is 35.9 Å². The third-order valence-electron chi connectivity index (χ3n) is 4.23. The Morgan fingerprint density at radius 3 is 2.55 bits per heavy atom. The van der Waals surface area contributed by atoms with Gasteiger partial charge >= 0.3 is 0 Å². The number of rotatable bonds is 8. The first-order chi connectivity index (χ1) is 10.7. The Bertz CT molecular complexity index is 443. The molecule has 1 aliphatic rings. The van der Waals surface area contributed by atoms with E-state index in [1.165, 1.54) is 44.7 Å². The van der Waals surface area contributed by atoms with Gasteiger partial charge in [0.1, 0.15) is 0 Å². The van der Waals surface area contributed by atoms with Crippen LogP contribution in [-0.2, 0) is 6.42 Å². The highest BCUT2D eigenvalue weighted by Gasteiger charge is 2.13.